The van der Waals surface area contributed by atoms with Crippen LogP contribution in [-0.4, -0.2) is 115 Å². The molecule has 0 radical (unpaired) electrons. The monoisotopic (exact) mass is 909 g/mol. The Balaban J connectivity index is 2.52. The summed E-state index contributed by atoms with van der Waals surface area (Å²) in [6.45, 7) is 4.21. The van der Waals surface area contributed by atoms with Gasteiger partial charge in [-0.3, -0.25) is 43.5 Å². The lowest BCUT2D eigenvalue weighted by Gasteiger charge is -2.29. The molecule has 358 valence electrons. The lowest BCUT2D eigenvalue weighted by atomic mass is 9.96. The summed E-state index contributed by atoms with van der Waals surface area (Å²) in [7, 11) is 0. The average Bonchev–Trinajstić information content (AvgIpc) is 3.27. The van der Waals surface area contributed by atoms with E-state index >= 15 is 0 Å². The van der Waals surface area contributed by atoms with Crippen molar-refractivity contribution in [1.82, 2.24) is 31.9 Å². The van der Waals surface area contributed by atoms with E-state index in [0.29, 0.717) is 49.8 Å². The van der Waals surface area contributed by atoms with Crippen molar-refractivity contribution in [3.63, 3.8) is 0 Å². The smallest absolute Gasteiger partial charge is 0.243 e. The van der Waals surface area contributed by atoms with Gasteiger partial charge in [0.2, 0.25) is 41.9 Å². The third-order valence-corrected chi connectivity index (χ3v) is 10.4. The molecule has 0 aliphatic carbocycles. The number of nitrogens with two attached hydrogens (primary N) is 6. The summed E-state index contributed by atoms with van der Waals surface area (Å²) in [5.41, 5.74) is 34.2. The van der Waals surface area contributed by atoms with Crippen LogP contribution >= 0.6 is 0 Å². The van der Waals surface area contributed by atoms with Gasteiger partial charge in [-0.15, -0.1) is 0 Å². The van der Waals surface area contributed by atoms with Crippen LogP contribution in [0.3, 0.4) is 0 Å². The predicted molar refractivity (Wildman–Crippen MR) is 246 cm³/mol. The Kier molecular flexibility index (Phi) is 24.5. The van der Waals surface area contributed by atoms with Crippen molar-refractivity contribution in [3.8, 4) is 5.75 Å². The lowest BCUT2D eigenvalue weighted by molar-refractivity contribution is -0.135. The topological polar surface area (TPSA) is 393 Å². The van der Waals surface area contributed by atoms with Crippen LogP contribution in [0.5, 0.6) is 5.75 Å². The Morgan fingerprint density at radius 3 is 1.55 bits per heavy atom. The van der Waals surface area contributed by atoms with Gasteiger partial charge in [-0.2, -0.15) is 0 Å². The molecule has 0 heterocycles. The highest BCUT2D eigenvalue weighted by atomic mass is 16.3. The van der Waals surface area contributed by atoms with E-state index in [1.54, 1.807) is 49.4 Å². The summed E-state index contributed by atoms with van der Waals surface area (Å²) in [5, 5.41) is 26.0. The molecule has 7 unspecified atom stereocenters. The van der Waals surface area contributed by atoms with Gasteiger partial charge in [0.25, 0.3) is 0 Å². The molecule has 2 aromatic carbocycles. The van der Waals surface area contributed by atoms with Gasteiger partial charge in [0, 0.05) is 25.9 Å². The summed E-state index contributed by atoms with van der Waals surface area (Å²) in [4.78, 5) is 102. The van der Waals surface area contributed by atoms with Gasteiger partial charge >= 0.3 is 0 Å². The average molecular weight is 909 g/mol. The number of hydrogen-bond acceptors (Lipinski definition) is 11. The number of guanidine groups is 2. The predicted octanol–water partition coefficient (Wildman–Crippen LogP) is -2.52. The molecule has 0 aliphatic heterocycles. The zero-order valence-corrected chi connectivity index (χ0v) is 37.2. The zero-order valence-electron chi connectivity index (χ0n) is 37.2. The number of rotatable bonds is 31. The SMILES string of the molecule is CCC(C)C(NC(=O)C(CCCN=C(N)N)NC(=O)C(Cc1ccc(O)cc1)NC(=O)C(Cc1ccccc1)NC(=O)C(CCCN=C(N)N)NC=O)C(=O)NC(CCCCN)C(N)=O. The van der Waals surface area contributed by atoms with Gasteiger partial charge in [0.05, 0.1) is 0 Å². The van der Waals surface area contributed by atoms with Crippen LogP contribution in [0.4, 0.5) is 0 Å². The van der Waals surface area contributed by atoms with Gasteiger partial charge in [-0.1, -0.05) is 62.7 Å². The van der Waals surface area contributed by atoms with E-state index in [4.69, 9.17) is 34.4 Å². The zero-order chi connectivity index (χ0) is 48.3. The Hall–Kier alpha value is -6.97. The molecular formula is C43H68N14O8. The van der Waals surface area contributed by atoms with E-state index in [9.17, 15) is 38.7 Å². The van der Waals surface area contributed by atoms with Crippen molar-refractivity contribution in [2.24, 2.45) is 50.3 Å². The second-order valence-corrected chi connectivity index (χ2v) is 15.6. The minimum Gasteiger partial charge on any atom is -0.508 e. The van der Waals surface area contributed by atoms with E-state index in [-0.39, 0.29) is 69.3 Å². The number of aromatic hydroxyl groups is 1. The Bertz CT molecular complexity index is 1890. The van der Waals surface area contributed by atoms with Crippen LogP contribution in [0, 0.1) is 5.92 Å². The molecule has 7 amide bonds. The molecule has 7 atom stereocenters. The van der Waals surface area contributed by atoms with Crippen LogP contribution in [-0.2, 0) is 46.4 Å². The van der Waals surface area contributed by atoms with Crippen LogP contribution < -0.4 is 66.3 Å². The van der Waals surface area contributed by atoms with Crippen molar-refractivity contribution >= 4 is 53.8 Å². The summed E-state index contributed by atoms with van der Waals surface area (Å²) >= 11 is 0. The molecule has 0 aliphatic rings. The van der Waals surface area contributed by atoms with Crippen molar-refractivity contribution in [2.45, 2.75) is 114 Å². The highest BCUT2D eigenvalue weighted by Crippen LogP contribution is 2.15. The number of hydrogen-bond donors (Lipinski definition) is 13. The molecule has 22 heteroatoms. The van der Waals surface area contributed by atoms with Gasteiger partial charge in [0.1, 0.15) is 42.0 Å². The number of phenols is 1. The van der Waals surface area contributed by atoms with E-state index in [1.807, 2.05) is 6.92 Å². The first kappa shape index (κ1) is 54.2. The first-order chi connectivity index (χ1) is 31.0. The van der Waals surface area contributed by atoms with Crippen molar-refractivity contribution in [1.29, 1.82) is 0 Å². The molecule has 0 saturated heterocycles. The van der Waals surface area contributed by atoms with E-state index in [2.05, 4.69) is 41.9 Å². The molecular weight excluding hydrogens is 841 g/mol. The third kappa shape index (κ3) is 20.8. The largest absolute Gasteiger partial charge is 0.508 e. The van der Waals surface area contributed by atoms with Crippen LogP contribution in [0.2, 0.25) is 0 Å². The Morgan fingerprint density at radius 2 is 1.06 bits per heavy atom. The summed E-state index contributed by atoms with van der Waals surface area (Å²) in [6.07, 6.45) is 2.63. The molecule has 65 heavy (non-hydrogen) atoms. The van der Waals surface area contributed by atoms with Crippen molar-refractivity contribution < 1.29 is 38.7 Å². The first-order valence-electron chi connectivity index (χ1n) is 21.6. The fourth-order valence-corrected chi connectivity index (χ4v) is 6.60. The van der Waals surface area contributed by atoms with Crippen LogP contribution in [0.1, 0.15) is 76.3 Å². The number of nitrogens with one attached hydrogen (secondary N) is 6. The molecule has 0 fully saturated rings. The summed E-state index contributed by atoms with van der Waals surface area (Å²) < 4.78 is 0. The maximum atomic E-state index is 14.4. The Morgan fingerprint density at radius 1 is 0.600 bits per heavy atom. The van der Waals surface area contributed by atoms with E-state index in [0.717, 1.165) is 0 Å². The molecule has 19 N–H and O–H groups in total. The van der Waals surface area contributed by atoms with E-state index < -0.39 is 77.6 Å². The highest BCUT2D eigenvalue weighted by molar-refractivity contribution is 5.97. The number of unbranched alkanes of at least 4 members (excludes halogenated alkanes) is 1. The second kappa shape index (κ2) is 29.4. The number of carbonyl (C=O) groups excluding carboxylic acids is 7. The van der Waals surface area contributed by atoms with Gasteiger partial charge < -0.3 is 71.4 Å². The molecule has 0 saturated carbocycles. The maximum Gasteiger partial charge on any atom is 0.243 e. The molecule has 0 aromatic heterocycles. The highest BCUT2D eigenvalue weighted by Gasteiger charge is 2.34. The second-order valence-electron chi connectivity index (χ2n) is 15.6. The molecule has 2 rings (SSSR count). The quantitative estimate of drug-likeness (QED) is 0.0161. The van der Waals surface area contributed by atoms with Crippen molar-refractivity contribution in [2.75, 3.05) is 19.6 Å². The number of nitrogens with zero attached hydrogens (tertiary/aromatic N) is 2. The minimum absolute atomic E-state index is 0.0208. The number of carbonyl (C=O) groups is 7. The fraction of sp³-hybridized carbons (Fsp3) is 0.512. The lowest BCUT2D eigenvalue weighted by Crippen LogP contribution is -2.60. The molecule has 0 spiro atoms. The van der Waals surface area contributed by atoms with Crippen molar-refractivity contribution in [3.05, 3.63) is 65.7 Å². The fourth-order valence-electron chi connectivity index (χ4n) is 6.60. The van der Waals surface area contributed by atoms with Crippen LogP contribution in [0.25, 0.3) is 0 Å². The number of benzene rings is 2. The van der Waals surface area contributed by atoms with Gasteiger partial charge in [-0.25, -0.2) is 0 Å². The van der Waals surface area contributed by atoms with Gasteiger partial charge in [0.15, 0.2) is 11.9 Å². The maximum absolute atomic E-state index is 14.4. The standard InChI is InChI=1S/C43H68N14O8/c1-3-26(2)35(41(65)53-30(36(45)60)13-7-8-20-44)57-38(62)32(15-10-22-51-43(48)49)54-39(63)34(24-28-16-18-29(59)19-17-28)56-40(64)33(23-27-11-5-4-6-12-27)55-37(61)31(52-25-58)14-9-21-50-42(46)47/h4-6,11-12,16-19,25-26,30-35,59H,3,7-10,13-15,20-24,44H2,1-2H3,(H2,45,60)(H,52,58)(H,53,65)(H,54,63)(H,55,61)(H,56,64)(H,57,62)(H4,46,47,50)(H4,48,49,51). The Labute approximate surface area is 379 Å². The van der Waals surface area contributed by atoms with E-state index in [1.165, 1.54) is 12.1 Å². The van der Waals surface area contributed by atoms with Crippen LogP contribution in [0.15, 0.2) is 64.6 Å². The number of primary amides is 1. The first-order valence-corrected chi connectivity index (χ1v) is 21.6. The number of amides is 7. The summed E-state index contributed by atoms with van der Waals surface area (Å²) in [5.74, 6) is -5.23. The number of phenolic OH excluding ortho intramolecular Hbond substituents is 1. The normalized spacial score (nSPS) is 14.0. The number of aliphatic imine (C=N–C) groups is 2. The molecule has 2 aromatic rings. The summed E-state index contributed by atoms with van der Waals surface area (Å²) in [6, 6.07) is 7.48. The molecule has 22 nitrogen and oxygen atoms in total. The van der Waals surface area contributed by atoms with Gasteiger partial charge in [-0.05, 0) is 80.7 Å². The minimum atomic E-state index is -1.38. The molecule has 0 bridgehead atoms. The third-order valence-electron chi connectivity index (χ3n) is 10.4.